The van der Waals surface area contributed by atoms with E-state index < -0.39 is 6.10 Å². The number of hydrogen-bond acceptors (Lipinski definition) is 2. The minimum absolute atomic E-state index is 0. The lowest BCUT2D eigenvalue weighted by atomic mass is 9.86. The maximum atomic E-state index is 10.5. The number of aryl methyl sites for hydroxylation is 3. The van der Waals surface area contributed by atoms with E-state index in [-0.39, 0.29) is 18.4 Å². The van der Waals surface area contributed by atoms with Crippen LogP contribution in [0.3, 0.4) is 0 Å². The third kappa shape index (κ3) is 3.50. The quantitative estimate of drug-likeness (QED) is 0.891. The predicted octanol–water partition coefficient (Wildman–Crippen LogP) is 3.58. The minimum Gasteiger partial charge on any atom is -0.391 e. The van der Waals surface area contributed by atoms with Crippen molar-refractivity contribution in [2.24, 2.45) is 11.7 Å². The van der Waals surface area contributed by atoms with E-state index in [1.807, 2.05) is 0 Å². The summed E-state index contributed by atoms with van der Waals surface area (Å²) in [4.78, 5) is 0. The average molecular weight is 284 g/mol. The van der Waals surface area contributed by atoms with Crippen LogP contribution in [0.15, 0.2) is 12.1 Å². The third-order valence-electron chi connectivity index (χ3n) is 4.32. The molecular weight excluding hydrogens is 258 g/mol. The molecular formula is C16H26ClNO. The van der Waals surface area contributed by atoms with Gasteiger partial charge < -0.3 is 10.8 Å². The third-order valence-corrected chi connectivity index (χ3v) is 4.32. The summed E-state index contributed by atoms with van der Waals surface area (Å²) in [6.07, 6.45) is 4.32. The van der Waals surface area contributed by atoms with E-state index >= 15 is 0 Å². The first-order chi connectivity index (χ1) is 8.50. The number of aliphatic hydroxyl groups excluding tert-OH is 1. The van der Waals surface area contributed by atoms with Crippen molar-refractivity contribution >= 4 is 12.4 Å². The van der Waals surface area contributed by atoms with Crippen LogP contribution in [0.2, 0.25) is 0 Å². The molecule has 3 N–H and O–H groups in total. The van der Waals surface area contributed by atoms with Crippen molar-refractivity contribution in [3.63, 3.8) is 0 Å². The number of aliphatic hydroxyl groups is 1. The molecule has 1 fully saturated rings. The van der Waals surface area contributed by atoms with Crippen molar-refractivity contribution in [2.45, 2.75) is 58.6 Å². The SMILES string of the molecule is Cc1cc(C)c([C@@H](N)[C@@H](O)C2CCCC2)c(C)c1.Cl. The number of rotatable bonds is 3. The van der Waals surface area contributed by atoms with Gasteiger partial charge in [0, 0.05) is 0 Å². The summed E-state index contributed by atoms with van der Waals surface area (Å²) in [6, 6.07) is 4.07. The van der Waals surface area contributed by atoms with Crippen molar-refractivity contribution in [3.8, 4) is 0 Å². The standard InChI is InChI=1S/C16H25NO.ClH/c1-10-8-11(2)14(12(3)9-10)15(17)16(18)13-6-4-5-7-13;/h8-9,13,15-16,18H,4-7,17H2,1-3H3;1H/t15-,16+;/m1./s1. The highest BCUT2D eigenvalue weighted by molar-refractivity contribution is 5.85. The molecule has 108 valence electrons. The van der Waals surface area contributed by atoms with Gasteiger partial charge in [0.05, 0.1) is 12.1 Å². The van der Waals surface area contributed by atoms with Crippen LogP contribution < -0.4 is 5.73 Å². The molecule has 0 bridgehead atoms. The summed E-state index contributed by atoms with van der Waals surface area (Å²) >= 11 is 0. The largest absolute Gasteiger partial charge is 0.391 e. The van der Waals surface area contributed by atoms with Gasteiger partial charge in [0.25, 0.3) is 0 Å². The molecule has 0 aliphatic heterocycles. The molecule has 1 saturated carbocycles. The zero-order valence-corrected chi connectivity index (χ0v) is 13.0. The van der Waals surface area contributed by atoms with Gasteiger partial charge in [-0.25, -0.2) is 0 Å². The second kappa shape index (κ2) is 6.74. The molecule has 3 heteroatoms. The van der Waals surface area contributed by atoms with Gasteiger partial charge in [-0.3, -0.25) is 0 Å². The van der Waals surface area contributed by atoms with Crippen molar-refractivity contribution < 1.29 is 5.11 Å². The van der Waals surface area contributed by atoms with E-state index in [1.165, 1.54) is 29.5 Å². The molecule has 0 aromatic heterocycles. The van der Waals surface area contributed by atoms with Gasteiger partial charge >= 0.3 is 0 Å². The first kappa shape index (κ1) is 16.5. The molecule has 1 aromatic carbocycles. The molecule has 0 heterocycles. The lowest BCUT2D eigenvalue weighted by Gasteiger charge is -2.27. The molecule has 0 spiro atoms. The van der Waals surface area contributed by atoms with E-state index in [2.05, 4.69) is 32.9 Å². The fourth-order valence-corrected chi connectivity index (χ4v) is 3.48. The lowest BCUT2D eigenvalue weighted by molar-refractivity contribution is 0.0841. The number of nitrogens with two attached hydrogens (primary N) is 1. The molecule has 2 rings (SSSR count). The van der Waals surface area contributed by atoms with Gasteiger partial charge in [0.15, 0.2) is 0 Å². The van der Waals surface area contributed by atoms with Crippen LogP contribution in [0.4, 0.5) is 0 Å². The van der Waals surface area contributed by atoms with E-state index in [1.54, 1.807) is 0 Å². The van der Waals surface area contributed by atoms with Crippen molar-refractivity contribution in [2.75, 3.05) is 0 Å². The Kier molecular flexibility index (Phi) is 5.84. The summed E-state index contributed by atoms with van der Waals surface area (Å²) in [5.74, 6) is 0.389. The van der Waals surface area contributed by atoms with E-state index in [4.69, 9.17) is 5.73 Å². The van der Waals surface area contributed by atoms with Crippen LogP contribution in [-0.2, 0) is 0 Å². The maximum Gasteiger partial charge on any atom is 0.0761 e. The second-order valence-electron chi connectivity index (χ2n) is 5.87. The molecule has 19 heavy (non-hydrogen) atoms. The molecule has 1 aliphatic rings. The molecule has 0 amide bonds. The molecule has 0 unspecified atom stereocenters. The first-order valence-corrected chi connectivity index (χ1v) is 7.02. The van der Waals surface area contributed by atoms with Crippen LogP contribution in [0.5, 0.6) is 0 Å². The molecule has 2 atom stereocenters. The Morgan fingerprint density at radius 2 is 1.58 bits per heavy atom. The van der Waals surface area contributed by atoms with Crippen LogP contribution in [-0.4, -0.2) is 11.2 Å². The highest BCUT2D eigenvalue weighted by atomic mass is 35.5. The minimum atomic E-state index is -0.396. The molecule has 2 nitrogen and oxygen atoms in total. The van der Waals surface area contributed by atoms with E-state index in [9.17, 15) is 5.11 Å². The highest BCUT2D eigenvalue weighted by Gasteiger charge is 2.30. The van der Waals surface area contributed by atoms with Crippen molar-refractivity contribution in [3.05, 3.63) is 34.4 Å². The number of halogens is 1. The highest BCUT2D eigenvalue weighted by Crippen LogP contribution is 2.34. The van der Waals surface area contributed by atoms with Crippen LogP contribution in [0.25, 0.3) is 0 Å². The summed E-state index contributed by atoms with van der Waals surface area (Å²) in [5.41, 5.74) is 11.1. The van der Waals surface area contributed by atoms with Crippen molar-refractivity contribution in [1.82, 2.24) is 0 Å². The summed E-state index contributed by atoms with van der Waals surface area (Å²) in [7, 11) is 0. The van der Waals surface area contributed by atoms with Gasteiger partial charge in [0.2, 0.25) is 0 Å². The van der Waals surface area contributed by atoms with Gasteiger partial charge in [-0.05, 0) is 56.2 Å². The molecule has 0 radical (unpaired) electrons. The summed E-state index contributed by atoms with van der Waals surface area (Å²) < 4.78 is 0. The monoisotopic (exact) mass is 283 g/mol. The topological polar surface area (TPSA) is 46.2 Å². The zero-order valence-electron chi connectivity index (χ0n) is 12.1. The molecule has 1 aliphatic carbocycles. The lowest BCUT2D eigenvalue weighted by Crippen LogP contribution is -2.33. The first-order valence-electron chi connectivity index (χ1n) is 7.02. The predicted molar refractivity (Wildman–Crippen MR) is 82.8 cm³/mol. The van der Waals surface area contributed by atoms with Gasteiger partial charge in [-0.15, -0.1) is 12.4 Å². The van der Waals surface area contributed by atoms with E-state index in [0.717, 1.165) is 18.4 Å². The Bertz CT molecular complexity index is 404. The van der Waals surface area contributed by atoms with E-state index in [0.29, 0.717) is 5.92 Å². The van der Waals surface area contributed by atoms with Crippen LogP contribution >= 0.6 is 12.4 Å². The Hall–Kier alpha value is -0.570. The van der Waals surface area contributed by atoms with Gasteiger partial charge in [-0.1, -0.05) is 30.5 Å². The van der Waals surface area contributed by atoms with Gasteiger partial charge in [-0.2, -0.15) is 0 Å². The Morgan fingerprint density at radius 3 is 2.05 bits per heavy atom. The normalized spacial score (nSPS) is 19.0. The summed E-state index contributed by atoms with van der Waals surface area (Å²) in [5, 5.41) is 10.5. The number of hydrogen-bond donors (Lipinski definition) is 2. The van der Waals surface area contributed by atoms with Crippen LogP contribution in [0.1, 0.15) is 54.0 Å². The molecule has 1 aromatic rings. The smallest absolute Gasteiger partial charge is 0.0761 e. The Morgan fingerprint density at radius 1 is 1.11 bits per heavy atom. The fraction of sp³-hybridized carbons (Fsp3) is 0.625. The Balaban J connectivity index is 0.00000180. The van der Waals surface area contributed by atoms with Crippen LogP contribution in [0, 0.1) is 26.7 Å². The zero-order chi connectivity index (χ0) is 13.3. The molecule has 0 saturated heterocycles. The van der Waals surface area contributed by atoms with Gasteiger partial charge in [0.1, 0.15) is 0 Å². The fourth-order valence-electron chi connectivity index (χ4n) is 3.48. The summed E-state index contributed by atoms with van der Waals surface area (Å²) in [6.45, 7) is 6.29. The van der Waals surface area contributed by atoms with Crippen molar-refractivity contribution in [1.29, 1.82) is 0 Å². The Labute approximate surface area is 122 Å². The second-order valence-corrected chi connectivity index (χ2v) is 5.87. The maximum absolute atomic E-state index is 10.5. The average Bonchev–Trinajstić information content (AvgIpc) is 2.79. The number of benzene rings is 1.